The Hall–Kier alpha value is -2.89. The van der Waals surface area contributed by atoms with E-state index in [9.17, 15) is 14.0 Å². The SMILES string of the molecule is C=CC(=O)Sc1ccc(-c2ccc(-c3ccc(SC(=O)C=C)cc3)c(F)c2)cc1. The van der Waals surface area contributed by atoms with Crippen molar-refractivity contribution in [2.45, 2.75) is 9.79 Å². The van der Waals surface area contributed by atoms with E-state index in [1.54, 1.807) is 30.3 Å². The summed E-state index contributed by atoms with van der Waals surface area (Å²) in [6.45, 7) is 6.90. The minimum absolute atomic E-state index is 0.119. The van der Waals surface area contributed by atoms with Crippen molar-refractivity contribution < 1.29 is 14.0 Å². The second-order valence-electron chi connectivity index (χ2n) is 5.99. The van der Waals surface area contributed by atoms with Crippen LogP contribution < -0.4 is 0 Å². The molecule has 0 aromatic heterocycles. The van der Waals surface area contributed by atoms with Crippen molar-refractivity contribution in [3.63, 3.8) is 0 Å². The minimum atomic E-state index is -0.328. The standard InChI is InChI=1S/C24H17FO2S2/c1-3-23(26)28-19-10-5-16(6-11-19)18-9-14-21(22(25)15-18)17-7-12-20(13-8-17)29-24(27)4-2/h3-15H,1-2H2. The monoisotopic (exact) mass is 420 g/mol. The summed E-state index contributed by atoms with van der Waals surface area (Å²) in [6.07, 6.45) is 2.54. The first-order chi connectivity index (χ1) is 14.0. The van der Waals surface area contributed by atoms with Gasteiger partial charge in [0.1, 0.15) is 5.82 Å². The first-order valence-corrected chi connectivity index (χ1v) is 10.3. The largest absolute Gasteiger partial charge is 0.282 e. The summed E-state index contributed by atoms with van der Waals surface area (Å²) in [6, 6.07) is 19.6. The van der Waals surface area contributed by atoms with E-state index in [2.05, 4.69) is 13.2 Å². The lowest BCUT2D eigenvalue weighted by molar-refractivity contribution is -0.107. The van der Waals surface area contributed by atoms with Gasteiger partial charge in [-0.1, -0.05) is 49.6 Å². The van der Waals surface area contributed by atoms with Crippen molar-refractivity contribution in [3.8, 4) is 22.3 Å². The molecule has 0 amide bonds. The van der Waals surface area contributed by atoms with E-state index in [-0.39, 0.29) is 16.0 Å². The molecule has 0 spiro atoms. The number of rotatable bonds is 6. The molecule has 0 N–H and O–H groups in total. The van der Waals surface area contributed by atoms with Crippen molar-refractivity contribution in [2.75, 3.05) is 0 Å². The maximum Gasteiger partial charge on any atom is 0.216 e. The third-order valence-corrected chi connectivity index (χ3v) is 5.84. The van der Waals surface area contributed by atoms with Crippen molar-refractivity contribution in [3.05, 3.63) is 97.9 Å². The molecule has 0 atom stereocenters. The predicted octanol–water partition coefficient (Wildman–Crippen LogP) is 6.77. The Morgan fingerprint density at radius 3 is 1.59 bits per heavy atom. The average Bonchev–Trinajstić information content (AvgIpc) is 2.74. The average molecular weight is 421 g/mol. The molecule has 144 valence electrons. The fraction of sp³-hybridized carbons (Fsp3) is 0. The summed E-state index contributed by atoms with van der Waals surface area (Å²) < 4.78 is 14.8. The van der Waals surface area contributed by atoms with Crippen molar-refractivity contribution in [2.24, 2.45) is 0 Å². The van der Waals surface area contributed by atoms with Gasteiger partial charge in [0.05, 0.1) is 0 Å². The van der Waals surface area contributed by atoms with Crippen LogP contribution in [0.3, 0.4) is 0 Å². The molecule has 5 heteroatoms. The topological polar surface area (TPSA) is 34.1 Å². The van der Waals surface area contributed by atoms with Gasteiger partial charge in [-0.15, -0.1) is 0 Å². The number of carbonyl (C=O) groups is 2. The molecule has 0 bridgehead atoms. The van der Waals surface area contributed by atoms with Gasteiger partial charge in [-0.2, -0.15) is 0 Å². The van der Waals surface area contributed by atoms with Gasteiger partial charge in [0.2, 0.25) is 10.2 Å². The Labute approximate surface area is 177 Å². The molecule has 2 nitrogen and oxygen atoms in total. The third kappa shape index (κ3) is 5.34. The summed E-state index contributed by atoms with van der Waals surface area (Å²) in [4.78, 5) is 24.4. The lowest BCUT2D eigenvalue weighted by atomic mass is 10.00. The zero-order valence-electron chi connectivity index (χ0n) is 15.4. The van der Waals surface area contributed by atoms with Gasteiger partial charge < -0.3 is 0 Å². The maximum absolute atomic E-state index is 14.8. The fourth-order valence-corrected chi connectivity index (χ4v) is 3.84. The lowest BCUT2D eigenvalue weighted by Gasteiger charge is -2.08. The van der Waals surface area contributed by atoms with Gasteiger partial charge in [-0.05, 0) is 82.7 Å². The van der Waals surface area contributed by atoms with Crippen LogP contribution in [-0.2, 0) is 9.59 Å². The highest BCUT2D eigenvalue weighted by Crippen LogP contribution is 2.31. The summed E-state index contributed by atoms with van der Waals surface area (Å²) in [7, 11) is 0. The molecule has 0 aliphatic heterocycles. The van der Waals surface area contributed by atoms with E-state index in [1.165, 1.54) is 18.2 Å². The molecule has 3 aromatic carbocycles. The smallest absolute Gasteiger partial charge is 0.216 e. The number of hydrogen-bond donors (Lipinski definition) is 0. The van der Waals surface area contributed by atoms with Crippen molar-refractivity contribution in [1.82, 2.24) is 0 Å². The second-order valence-corrected chi connectivity index (χ2v) is 8.15. The maximum atomic E-state index is 14.8. The molecule has 0 fully saturated rings. The van der Waals surface area contributed by atoms with Crippen LogP contribution in [0.5, 0.6) is 0 Å². The number of thioether (sulfide) groups is 2. The van der Waals surface area contributed by atoms with Gasteiger partial charge >= 0.3 is 0 Å². The van der Waals surface area contributed by atoms with Gasteiger partial charge in [0, 0.05) is 15.4 Å². The molecule has 3 aromatic rings. The first-order valence-electron chi connectivity index (χ1n) is 8.69. The molecule has 0 aliphatic rings. The quantitative estimate of drug-likeness (QED) is 0.326. The zero-order chi connectivity index (χ0) is 20.8. The Morgan fingerprint density at radius 1 is 0.690 bits per heavy atom. The Balaban J connectivity index is 1.79. The van der Waals surface area contributed by atoms with E-state index >= 15 is 0 Å². The van der Waals surface area contributed by atoms with E-state index in [0.717, 1.165) is 50.0 Å². The first kappa shape index (κ1) is 20.8. The Morgan fingerprint density at radius 2 is 1.14 bits per heavy atom. The van der Waals surface area contributed by atoms with Gasteiger partial charge in [0.15, 0.2) is 0 Å². The molecule has 0 saturated carbocycles. The number of hydrogen-bond acceptors (Lipinski definition) is 4. The third-order valence-electron chi connectivity index (χ3n) is 4.09. The van der Waals surface area contributed by atoms with Gasteiger partial charge in [0.25, 0.3) is 0 Å². The number of benzene rings is 3. The molecule has 0 saturated heterocycles. The van der Waals surface area contributed by atoms with Crippen LogP contribution in [0.15, 0.2) is 102 Å². The lowest BCUT2D eigenvalue weighted by Crippen LogP contribution is -1.88. The highest BCUT2D eigenvalue weighted by molar-refractivity contribution is 8.14. The van der Waals surface area contributed by atoms with Crippen LogP contribution in [0, 0.1) is 5.82 Å². The molecule has 0 unspecified atom stereocenters. The van der Waals surface area contributed by atoms with E-state index in [0.29, 0.717) is 5.56 Å². The van der Waals surface area contributed by atoms with Crippen LogP contribution in [0.4, 0.5) is 4.39 Å². The van der Waals surface area contributed by atoms with Crippen LogP contribution in [0.1, 0.15) is 0 Å². The number of carbonyl (C=O) groups excluding carboxylic acids is 2. The van der Waals surface area contributed by atoms with Gasteiger partial charge in [-0.25, -0.2) is 4.39 Å². The minimum Gasteiger partial charge on any atom is -0.282 e. The molecular formula is C24H17FO2S2. The van der Waals surface area contributed by atoms with E-state index in [1.807, 2.05) is 30.3 Å². The fourth-order valence-electron chi connectivity index (χ4n) is 2.66. The summed E-state index contributed by atoms with van der Waals surface area (Å²) >= 11 is 2.18. The molecular weight excluding hydrogens is 403 g/mol. The van der Waals surface area contributed by atoms with Crippen molar-refractivity contribution in [1.29, 1.82) is 0 Å². The van der Waals surface area contributed by atoms with E-state index < -0.39 is 0 Å². The molecule has 3 rings (SSSR count). The zero-order valence-corrected chi connectivity index (χ0v) is 17.1. The van der Waals surface area contributed by atoms with Crippen LogP contribution >= 0.6 is 23.5 Å². The number of halogens is 1. The van der Waals surface area contributed by atoms with Crippen LogP contribution in [0.2, 0.25) is 0 Å². The van der Waals surface area contributed by atoms with Crippen molar-refractivity contribution >= 4 is 33.8 Å². The Kier molecular flexibility index (Phi) is 6.86. The van der Waals surface area contributed by atoms with Crippen LogP contribution in [-0.4, -0.2) is 10.2 Å². The highest BCUT2D eigenvalue weighted by Gasteiger charge is 2.09. The van der Waals surface area contributed by atoms with Crippen LogP contribution in [0.25, 0.3) is 22.3 Å². The summed E-state index contributed by atoms with van der Waals surface area (Å²) in [5, 5.41) is -0.252. The highest BCUT2D eigenvalue weighted by atomic mass is 32.2. The molecule has 0 aliphatic carbocycles. The predicted molar refractivity (Wildman–Crippen MR) is 119 cm³/mol. The van der Waals surface area contributed by atoms with E-state index in [4.69, 9.17) is 0 Å². The summed E-state index contributed by atoms with van der Waals surface area (Å²) in [5.74, 6) is -0.328. The normalized spacial score (nSPS) is 10.4. The molecule has 0 heterocycles. The molecule has 29 heavy (non-hydrogen) atoms. The second kappa shape index (κ2) is 9.54. The summed E-state index contributed by atoms with van der Waals surface area (Å²) in [5.41, 5.74) is 2.84. The van der Waals surface area contributed by atoms with Gasteiger partial charge in [-0.3, -0.25) is 9.59 Å². The molecule has 0 radical (unpaired) electrons. The Bertz CT molecular complexity index is 1070.